The maximum atomic E-state index is 5.72. The molecule has 0 aromatic heterocycles. The van der Waals surface area contributed by atoms with Gasteiger partial charge in [0.15, 0.2) is 0 Å². The fourth-order valence-corrected chi connectivity index (χ4v) is 2.73. The lowest BCUT2D eigenvalue weighted by atomic mass is 10.1. The van der Waals surface area contributed by atoms with E-state index in [2.05, 4.69) is 12.2 Å². The molecule has 1 fully saturated rings. The first-order valence-corrected chi connectivity index (χ1v) is 5.28. The second kappa shape index (κ2) is 3.61. The highest BCUT2D eigenvalue weighted by Crippen LogP contribution is 2.51. The molecule has 0 bridgehead atoms. The molecular weight excluding hydrogens is 146 g/mol. The average molecular weight is 165 g/mol. The van der Waals surface area contributed by atoms with Crippen LogP contribution >= 0.6 is 0 Å². The Morgan fingerprint density at radius 3 is 2.67 bits per heavy atom. The summed E-state index contributed by atoms with van der Waals surface area (Å²) in [5, 5.41) is 0. The molecule has 1 heteroatoms. The van der Waals surface area contributed by atoms with Crippen molar-refractivity contribution < 1.29 is 0 Å². The zero-order valence-corrected chi connectivity index (χ0v) is 7.71. The minimum Gasteiger partial charge on any atom is -0.330 e. The Morgan fingerprint density at radius 1 is 1.08 bits per heavy atom. The molecule has 68 valence electrons. The quantitative estimate of drug-likeness (QED) is 0.593. The number of hydrogen-bond donors (Lipinski definition) is 1. The van der Waals surface area contributed by atoms with Crippen LogP contribution in [0.15, 0.2) is 12.2 Å². The Kier molecular flexibility index (Phi) is 2.50. The normalized spacial score (nSPS) is 43.6. The summed E-state index contributed by atoms with van der Waals surface area (Å²) >= 11 is 0. The molecule has 0 aromatic rings. The highest BCUT2D eigenvalue weighted by atomic mass is 14.7. The van der Waals surface area contributed by atoms with E-state index in [4.69, 9.17) is 5.73 Å². The topological polar surface area (TPSA) is 26.0 Å². The lowest BCUT2D eigenvalue weighted by Gasteiger charge is -1.94. The van der Waals surface area contributed by atoms with Crippen LogP contribution in [-0.4, -0.2) is 6.54 Å². The number of fused-ring (bicyclic) bond motifs is 1. The summed E-state index contributed by atoms with van der Waals surface area (Å²) in [6, 6.07) is 0. The van der Waals surface area contributed by atoms with Crippen LogP contribution in [0, 0.1) is 17.8 Å². The van der Waals surface area contributed by atoms with E-state index in [1.807, 2.05) is 0 Å². The fourth-order valence-electron chi connectivity index (χ4n) is 2.73. The second-order valence-electron chi connectivity index (χ2n) is 4.21. The van der Waals surface area contributed by atoms with Crippen LogP contribution in [-0.2, 0) is 0 Å². The van der Waals surface area contributed by atoms with Gasteiger partial charge in [0.1, 0.15) is 0 Å². The molecule has 3 atom stereocenters. The second-order valence-corrected chi connectivity index (χ2v) is 4.21. The first-order valence-electron chi connectivity index (χ1n) is 5.28. The van der Waals surface area contributed by atoms with E-state index >= 15 is 0 Å². The number of nitrogens with two attached hydrogens (primary N) is 1. The van der Waals surface area contributed by atoms with Crippen LogP contribution in [0.3, 0.4) is 0 Å². The highest BCUT2D eigenvalue weighted by Gasteiger charge is 2.46. The molecule has 0 radical (unpaired) electrons. The van der Waals surface area contributed by atoms with Crippen molar-refractivity contribution >= 4 is 0 Å². The lowest BCUT2D eigenvalue weighted by Crippen LogP contribution is -2.03. The Bertz CT molecular complexity index is 174. The molecule has 0 aliphatic heterocycles. The van der Waals surface area contributed by atoms with Crippen molar-refractivity contribution in [3.8, 4) is 0 Å². The number of rotatable bonds is 1. The first-order chi connectivity index (χ1) is 5.93. The minimum absolute atomic E-state index is 0.886. The van der Waals surface area contributed by atoms with E-state index in [9.17, 15) is 0 Å². The third-order valence-corrected chi connectivity index (χ3v) is 3.52. The highest BCUT2D eigenvalue weighted by molar-refractivity contribution is 5.00. The van der Waals surface area contributed by atoms with Gasteiger partial charge in [-0.1, -0.05) is 12.2 Å². The van der Waals surface area contributed by atoms with E-state index in [0.29, 0.717) is 0 Å². The maximum Gasteiger partial charge on any atom is -0.00434 e. The van der Waals surface area contributed by atoms with Gasteiger partial charge < -0.3 is 5.73 Å². The Morgan fingerprint density at radius 2 is 1.83 bits per heavy atom. The molecule has 0 spiro atoms. The van der Waals surface area contributed by atoms with Crippen molar-refractivity contribution in [3.63, 3.8) is 0 Å². The van der Waals surface area contributed by atoms with E-state index < -0.39 is 0 Å². The molecule has 3 unspecified atom stereocenters. The van der Waals surface area contributed by atoms with Gasteiger partial charge >= 0.3 is 0 Å². The molecule has 2 aliphatic carbocycles. The van der Waals surface area contributed by atoms with Gasteiger partial charge in [0.05, 0.1) is 0 Å². The van der Waals surface area contributed by atoms with Gasteiger partial charge in [-0.05, 0) is 56.4 Å². The summed E-state index contributed by atoms with van der Waals surface area (Å²) in [5.74, 6) is 2.86. The summed E-state index contributed by atoms with van der Waals surface area (Å²) in [4.78, 5) is 0. The zero-order valence-electron chi connectivity index (χ0n) is 7.71. The average Bonchev–Trinajstić information content (AvgIpc) is 2.73. The molecule has 2 N–H and O–H groups in total. The molecule has 0 amide bonds. The Labute approximate surface area is 75.0 Å². The van der Waals surface area contributed by atoms with Crippen LogP contribution in [0.4, 0.5) is 0 Å². The Hall–Kier alpha value is -0.300. The van der Waals surface area contributed by atoms with Crippen LogP contribution in [0.5, 0.6) is 0 Å². The summed E-state index contributed by atoms with van der Waals surface area (Å²) in [7, 11) is 0. The summed E-state index contributed by atoms with van der Waals surface area (Å²) in [5.41, 5.74) is 5.72. The van der Waals surface area contributed by atoms with Gasteiger partial charge in [-0.2, -0.15) is 0 Å². The molecule has 12 heavy (non-hydrogen) atoms. The first kappa shape index (κ1) is 8.31. The predicted molar refractivity (Wildman–Crippen MR) is 51.7 cm³/mol. The summed E-state index contributed by atoms with van der Waals surface area (Å²) in [6.07, 6.45) is 11.5. The third kappa shape index (κ3) is 1.56. The molecule has 0 heterocycles. The van der Waals surface area contributed by atoms with Crippen molar-refractivity contribution in [2.45, 2.75) is 32.1 Å². The summed E-state index contributed by atoms with van der Waals surface area (Å²) in [6.45, 7) is 0.930. The zero-order chi connectivity index (χ0) is 8.39. The molecule has 0 saturated heterocycles. The van der Waals surface area contributed by atoms with E-state index in [0.717, 1.165) is 24.3 Å². The summed E-state index contributed by atoms with van der Waals surface area (Å²) < 4.78 is 0. The fraction of sp³-hybridized carbons (Fsp3) is 0.818. The molecular formula is C11H19N. The van der Waals surface area contributed by atoms with Crippen molar-refractivity contribution in [1.29, 1.82) is 0 Å². The number of hydrogen-bond acceptors (Lipinski definition) is 1. The van der Waals surface area contributed by atoms with E-state index in [1.54, 1.807) is 0 Å². The SMILES string of the molecule is NCC1C2CC/C=C\CCCC12. The minimum atomic E-state index is 0.886. The molecule has 2 rings (SSSR count). The Balaban J connectivity index is 1.88. The van der Waals surface area contributed by atoms with E-state index in [1.165, 1.54) is 32.1 Å². The number of allylic oxidation sites excluding steroid dienone is 2. The standard InChI is InChI=1S/C11H19N/c12-8-11-9-6-4-2-1-3-5-7-10(9)11/h1-2,9-11H,3-8,12H2/b2-1-. The largest absolute Gasteiger partial charge is 0.330 e. The van der Waals surface area contributed by atoms with Gasteiger partial charge in [0.2, 0.25) is 0 Å². The van der Waals surface area contributed by atoms with Crippen LogP contribution in [0.2, 0.25) is 0 Å². The molecule has 0 aromatic carbocycles. The smallest absolute Gasteiger partial charge is 0.00434 e. The lowest BCUT2D eigenvalue weighted by molar-refractivity contribution is 0.597. The molecule has 2 aliphatic rings. The molecule has 1 nitrogen and oxygen atoms in total. The van der Waals surface area contributed by atoms with Crippen molar-refractivity contribution in [1.82, 2.24) is 0 Å². The van der Waals surface area contributed by atoms with Gasteiger partial charge in [-0.15, -0.1) is 0 Å². The van der Waals surface area contributed by atoms with Crippen LogP contribution < -0.4 is 5.73 Å². The van der Waals surface area contributed by atoms with Crippen molar-refractivity contribution in [2.75, 3.05) is 6.54 Å². The van der Waals surface area contributed by atoms with Crippen molar-refractivity contribution in [3.05, 3.63) is 12.2 Å². The third-order valence-electron chi connectivity index (χ3n) is 3.52. The predicted octanol–water partition coefficient (Wildman–Crippen LogP) is 2.33. The maximum absolute atomic E-state index is 5.72. The van der Waals surface area contributed by atoms with Crippen molar-refractivity contribution in [2.24, 2.45) is 23.5 Å². The van der Waals surface area contributed by atoms with Crippen LogP contribution in [0.1, 0.15) is 32.1 Å². The van der Waals surface area contributed by atoms with Gasteiger partial charge in [0, 0.05) is 0 Å². The molecule has 1 saturated carbocycles. The van der Waals surface area contributed by atoms with Crippen LogP contribution in [0.25, 0.3) is 0 Å². The van der Waals surface area contributed by atoms with E-state index in [-0.39, 0.29) is 0 Å². The van der Waals surface area contributed by atoms with Gasteiger partial charge in [0.25, 0.3) is 0 Å². The van der Waals surface area contributed by atoms with Gasteiger partial charge in [-0.3, -0.25) is 0 Å². The monoisotopic (exact) mass is 165 g/mol. The van der Waals surface area contributed by atoms with Gasteiger partial charge in [-0.25, -0.2) is 0 Å².